The second kappa shape index (κ2) is 3.93. The van der Waals surface area contributed by atoms with Crippen molar-refractivity contribution in [3.05, 3.63) is 0 Å². The summed E-state index contributed by atoms with van der Waals surface area (Å²) in [6.45, 7) is 8.77. The molecule has 0 bridgehead atoms. The number of morpholine rings is 1. The summed E-state index contributed by atoms with van der Waals surface area (Å²) in [4.78, 5) is 0. The fraction of sp³-hybridized carbons (Fsp3) is 0.800. The summed E-state index contributed by atoms with van der Waals surface area (Å²) in [6.07, 6.45) is 0. The maximum absolute atomic E-state index is 5.58. The molecule has 0 amide bonds. The average Bonchev–Trinajstić information content (AvgIpc) is 2.03. The third-order valence-corrected chi connectivity index (χ3v) is 1.79. The van der Waals surface area contributed by atoms with Crippen LogP contribution in [0, 0.1) is 17.8 Å². The van der Waals surface area contributed by atoms with Gasteiger partial charge in [0.05, 0.1) is 6.61 Å². The molecule has 68 valence electrons. The first kappa shape index (κ1) is 9.57. The number of ether oxygens (including phenoxy) is 1. The van der Waals surface area contributed by atoms with Crippen molar-refractivity contribution in [2.75, 3.05) is 19.7 Å². The van der Waals surface area contributed by atoms with Gasteiger partial charge in [0.25, 0.3) is 0 Å². The Bertz CT molecular complexity index is 194. The van der Waals surface area contributed by atoms with Crippen LogP contribution in [-0.4, -0.2) is 25.3 Å². The Morgan fingerprint density at radius 2 is 2.25 bits per heavy atom. The fourth-order valence-electron chi connectivity index (χ4n) is 1.10. The molecule has 2 nitrogen and oxygen atoms in total. The summed E-state index contributed by atoms with van der Waals surface area (Å²) in [6, 6.07) is 0. The minimum absolute atomic E-state index is 0.261. The highest BCUT2D eigenvalue weighted by Gasteiger charge is 2.24. The van der Waals surface area contributed by atoms with Crippen LogP contribution >= 0.6 is 0 Å². The Morgan fingerprint density at radius 1 is 1.50 bits per heavy atom. The van der Waals surface area contributed by atoms with Crippen molar-refractivity contribution in [2.24, 2.45) is 5.92 Å². The SMILES string of the molecule is CC(C)C#CC1(C)CNCCO1. The van der Waals surface area contributed by atoms with E-state index >= 15 is 0 Å². The summed E-state index contributed by atoms with van der Waals surface area (Å²) >= 11 is 0. The van der Waals surface area contributed by atoms with Gasteiger partial charge in [-0.25, -0.2) is 0 Å². The van der Waals surface area contributed by atoms with Gasteiger partial charge in [-0.15, -0.1) is 0 Å². The van der Waals surface area contributed by atoms with E-state index in [2.05, 4.69) is 31.0 Å². The first-order valence-electron chi connectivity index (χ1n) is 4.50. The predicted molar refractivity (Wildman–Crippen MR) is 49.8 cm³/mol. The van der Waals surface area contributed by atoms with Gasteiger partial charge in [0, 0.05) is 19.0 Å². The normalized spacial score (nSPS) is 29.7. The first-order valence-corrected chi connectivity index (χ1v) is 4.50. The zero-order valence-corrected chi connectivity index (χ0v) is 8.11. The molecule has 0 radical (unpaired) electrons. The van der Waals surface area contributed by atoms with Crippen LogP contribution in [0.5, 0.6) is 0 Å². The molecule has 12 heavy (non-hydrogen) atoms. The highest BCUT2D eigenvalue weighted by Crippen LogP contribution is 2.10. The van der Waals surface area contributed by atoms with Crippen LogP contribution in [0.25, 0.3) is 0 Å². The zero-order valence-electron chi connectivity index (χ0n) is 8.11. The monoisotopic (exact) mass is 167 g/mol. The number of rotatable bonds is 0. The molecule has 0 saturated carbocycles. The van der Waals surface area contributed by atoms with Crippen LogP contribution in [0.3, 0.4) is 0 Å². The van der Waals surface area contributed by atoms with E-state index in [1.54, 1.807) is 0 Å². The molecule has 0 spiro atoms. The van der Waals surface area contributed by atoms with Crippen molar-refractivity contribution in [1.82, 2.24) is 5.32 Å². The molecule has 1 saturated heterocycles. The second-order valence-corrected chi connectivity index (χ2v) is 3.68. The van der Waals surface area contributed by atoms with Gasteiger partial charge in [0.1, 0.15) is 5.60 Å². The van der Waals surface area contributed by atoms with Gasteiger partial charge in [-0.3, -0.25) is 0 Å². The third kappa shape index (κ3) is 2.84. The quantitative estimate of drug-likeness (QED) is 0.544. The third-order valence-electron chi connectivity index (χ3n) is 1.79. The molecule has 0 aromatic rings. The lowest BCUT2D eigenvalue weighted by atomic mass is 10.1. The van der Waals surface area contributed by atoms with Gasteiger partial charge in [0.2, 0.25) is 0 Å². The van der Waals surface area contributed by atoms with E-state index in [0.717, 1.165) is 19.7 Å². The maximum atomic E-state index is 5.58. The molecule has 1 aliphatic rings. The van der Waals surface area contributed by atoms with Crippen LogP contribution in [0.1, 0.15) is 20.8 Å². The molecule has 0 aliphatic carbocycles. The molecule has 1 unspecified atom stereocenters. The van der Waals surface area contributed by atoms with Crippen LogP contribution < -0.4 is 5.32 Å². The van der Waals surface area contributed by atoms with Crippen LogP contribution in [0.4, 0.5) is 0 Å². The van der Waals surface area contributed by atoms with Gasteiger partial charge in [-0.1, -0.05) is 25.7 Å². The molecule has 0 aromatic carbocycles. The number of hydrogen-bond donors (Lipinski definition) is 1. The minimum Gasteiger partial charge on any atom is -0.360 e. The van der Waals surface area contributed by atoms with E-state index in [9.17, 15) is 0 Å². The van der Waals surface area contributed by atoms with Gasteiger partial charge in [-0.05, 0) is 6.92 Å². The standard InChI is InChI=1S/C10H17NO/c1-9(2)4-5-10(3)8-11-6-7-12-10/h9,11H,6-8H2,1-3H3. The van der Waals surface area contributed by atoms with Crippen LogP contribution in [0.15, 0.2) is 0 Å². The summed E-state index contributed by atoms with van der Waals surface area (Å²) in [7, 11) is 0. The van der Waals surface area contributed by atoms with Crippen molar-refractivity contribution < 1.29 is 4.74 Å². The molecule has 1 aliphatic heterocycles. The Labute approximate surface area is 74.7 Å². The van der Waals surface area contributed by atoms with Crippen LogP contribution in [-0.2, 0) is 4.74 Å². The Kier molecular flexibility index (Phi) is 3.13. The van der Waals surface area contributed by atoms with Gasteiger partial charge >= 0.3 is 0 Å². The summed E-state index contributed by atoms with van der Waals surface area (Å²) in [5, 5.41) is 3.27. The minimum atomic E-state index is -0.261. The Hall–Kier alpha value is -0.520. The van der Waals surface area contributed by atoms with Crippen molar-refractivity contribution in [3.8, 4) is 11.8 Å². The van der Waals surface area contributed by atoms with Crippen molar-refractivity contribution in [2.45, 2.75) is 26.4 Å². The van der Waals surface area contributed by atoms with Gasteiger partial charge in [-0.2, -0.15) is 0 Å². The summed E-state index contributed by atoms with van der Waals surface area (Å²) in [5.41, 5.74) is -0.261. The average molecular weight is 167 g/mol. The molecule has 1 fully saturated rings. The topological polar surface area (TPSA) is 21.3 Å². The first-order chi connectivity index (χ1) is 5.62. The van der Waals surface area contributed by atoms with E-state index in [0.29, 0.717) is 5.92 Å². The molecule has 1 rings (SSSR count). The summed E-state index contributed by atoms with van der Waals surface area (Å²) in [5.74, 6) is 6.73. The summed E-state index contributed by atoms with van der Waals surface area (Å²) < 4.78 is 5.58. The molecule has 1 atom stereocenters. The molecule has 0 aromatic heterocycles. The van der Waals surface area contributed by atoms with E-state index in [1.165, 1.54) is 0 Å². The predicted octanol–water partition coefficient (Wildman–Crippen LogP) is 1.02. The lowest BCUT2D eigenvalue weighted by Gasteiger charge is -2.29. The smallest absolute Gasteiger partial charge is 0.138 e. The Balaban J connectivity index is 2.53. The van der Waals surface area contributed by atoms with Crippen molar-refractivity contribution in [3.63, 3.8) is 0 Å². The van der Waals surface area contributed by atoms with Crippen molar-refractivity contribution in [1.29, 1.82) is 0 Å². The lowest BCUT2D eigenvalue weighted by molar-refractivity contribution is -0.00991. The molecular weight excluding hydrogens is 150 g/mol. The molecule has 1 heterocycles. The van der Waals surface area contributed by atoms with E-state index in [-0.39, 0.29) is 5.60 Å². The number of hydrogen-bond acceptors (Lipinski definition) is 2. The van der Waals surface area contributed by atoms with Crippen molar-refractivity contribution >= 4 is 0 Å². The zero-order chi connectivity index (χ0) is 9.03. The Morgan fingerprint density at radius 3 is 2.75 bits per heavy atom. The molecule has 1 N–H and O–H groups in total. The molecular formula is C10H17NO. The molecule has 2 heteroatoms. The number of nitrogens with one attached hydrogen (secondary N) is 1. The largest absolute Gasteiger partial charge is 0.360 e. The van der Waals surface area contributed by atoms with Crippen LogP contribution in [0.2, 0.25) is 0 Å². The highest BCUT2D eigenvalue weighted by atomic mass is 16.5. The van der Waals surface area contributed by atoms with Gasteiger partial charge < -0.3 is 10.1 Å². The maximum Gasteiger partial charge on any atom is 0.138 e. The highest BCUT2D eigenvalue weighted by molar-refractivity contribution is 5.15. The second-order valence-electron chi connectivity index (χ2n) is 3.68. The lowest BCUT2D eigenvalue weighted by Crippen LogP contribution is -2.46. The fourth-order valence-corrected chi connectivity index (χ4v) is 1.10. The van der Waals surface area contributed by atoms with E-state index in [1.807, 2.05) is 6.92 Å². The van der Waals surface area contributed by atoms with Gasteiger partial charge in [0.15, 0.2) is 0 Å². The van der Waals surface area contributed by atoms with E-state index in [4.69, 9.17) is 4.74 Å². The van der Waals surface area contributed by atoms with E-state index < -0.39 is 0 Å².